The van der Waals surface area contributed by atoms with Crippen LogP contribution >= 0.6 is 0 Å². The second-order valence-electron chi connectivity index (χ2n) is 3.90. The topological polar surface area (TPSA) is 46.6 Å². The van der Waals surface area contributed by atoms with Crippen molar-refractivity contribution in [3.8, 4) is 0 Å². The van der Waals surface area contributed by atoms with Crippen LogP contribution in [0.2, 0.25) is 0 Å². The number of carbonyl (C=O) groups excluding carboxylic acids is 2. The molecule has 0 aliphatic carbocycles. The summed E-state index contributed by atoms with van der Waals surface area (Å²) < 4.78 is 4.57. The first-order chi connectivity index (χ1) is 7.43. The summed E-state index contributed by atoms with van der Waals surface area (Å²) in [6, 6.07) is -0.0215. The molecule has 0 aromatic rings. The SMILES string of the molecule is CCC=C(C)C(=O)N(CC(=O)OC)C(C)C. The van der Waals surface area contributed by atoms with E-state index >= 15 is 0 Å². The molecule has 4 nitrogen and oxygen atoms in total. The quantitative estimate of drug-likeness (QED) is 0.531. The maximum Gasteiger partial charge on any atom is 0.325 e. The lowest BCUT2D eigenvalue weighted by molar-refractivity contribution is -0.146. The Morgan fingerprint density at radius 3 is 2.31 bits per heavy atom. The molecule has 0 aliphatic heterocycles. The van der Waals surface area contributed by atoms with Crippen molar-refractivity contribution in [2.75, 3.05) is 13.7 Å². The highest BCUT2D eigenvalue weighted by molar-refractivity contribution is 5.94. The molecule has 0 rings (SSSR count). The number of ether oxygens (including phenoxy) is 1. The minimum absolute atomic E-state index is 0.00188. The monoisotopic (exact) mass is 227 g/mol. The molecule has 4 heteroatoms. The second kappa shape index (κ2) is 7.04. The van der Waals surface area contributed by atoms with E-state index in [1.54, 1.807) is 6.92 Å². The van der Waals surface area contributed by atoms with Gasteiger partial charge >= 0.3 is 5.97 Å². The molecular formula is C12H21NO3. The number of hydrogen-bond acceptors (Lipinski definition) is 3. The zero-order valence-electron chi connectivity index (χ0n) is 10.7. The van der Waals surface area contributed by atoms with Crippen molar-refractivity contribution < 1.29 is 14.3 Å². The molecule has 0 atom stereocenters. The van der Waals surface area contributed by atoms with Crippen molar-refractivity contribution in [1.29, 1.82) is 0 Å². The molecule has 0 aromatic carbocycles. The van der Waals surface area contributed by atoms with Gasteiger partial charge in [-0.25, -0.2) is 0 Å². The Morgan fingerprint density at radius 2 is 1.94 bits per heavy atom. The lowest BCUT2D eigenvalue weighted by Crippen LogP contribution is -2.41. The molecule has 0 radical (unpaired) electrons. The highest BCUT2D eigenvalue weighted by Gasteiger charge is 2.21. The van der Waals surface area contributed by atoms with Crippen LogP contribution in [0.25, 0.3) is 0 Å². The Hall–Kier alpha value is -1.32. The number of hydrogen-bond donors (Lipinski definition) is 0. The molecular weight excluding hydrogens is 206 g/mol. The standard InChI is InChI=1S/C12H21NO3/c1-6-7-10(4)12(15)13(9(2)3)8-11(14)16-5/h7,9H,6,8H2,1-5H3. The van der Waals surface area contributed by atoms with Gasteiger partial charge in [-0.15, -0.1) is 0 Å². The molecule has 0 unspecified atom stereocenters. The van der Waals surface area contributed by atoms with Crippen LogP contribution in [0.4, 0.5) is 0 Å². The van der Waals surface area contributed by atoms with Gasteiger partial charge in [0.15, 0.2) is 0 Å². The van der Waals surface area contributed by atoms with Gasteiger partial charge in [0.25, 0.3) is 0 Å². The number of rotatable bonds is 5. The van der Waals surface area contributed by atoms with Crippen LogP contribution in [0.15, 0.2) is 11.6 Å². The van der Waals surface area contributed by atoms with Gasteiger partial charge in [0.05, 0.1) is 7.11 Å². The fourth-order valence-corrected chi connectivity index (χ4v) is 1.31. The Labute approximate surface area is 97.3 Å². The van der Waals surface area contributed by atoms with Crippen LogP contribution in [0, 0.1) is 0 Å². The lowest BCUT2D eigenvalue weighted by Gasteiger charge is -2.25. The first-order valence-electron chi connectivity index (χ1n) is 5.48. The van der Waals surface area contributed by atoms with E-state index in [0.717, 1.165) is 6.42 Å². The molecule has 0 N–H and O–H groups in total. The zero-order valence-corrected chi connectivity index (χ0v) is 10.7. The molecule has 0 saturated carbocycles. The molecule has 0 aromatic heterocycles. The number of methoxy groups -OCH3 is 1. The average molecular weight is 227 g/mol. The minimum atomic E-state index is -0.397. The predicted molar refractivity (Wildman–Crippen MR) is 62.9 cm³/mol. The Bertz CT molecular complexity index is 282. The van der Waals surface area contributed by atoms with Gasteiger partial charge in [-0.3, -0.25) is 9.59 Å². The van der Waals surface area contributed by atoms with Crippen molar-refractivity contribution in [2.45, 2.75) is 40.2 Å². The third kappa shape index (κ3) is 4.47. The fraction of sp³-hybridized carbons (Fsp3) is 0.667. The van der Waals surface area contributed by atoms with E-state index < -0.39 is 5.97 Å². The van der Waals surface area contributed by atoms with E-state index in [9.17, 15) is 9.59 Å². The van der Waals surface area contributed by atoms with Crippen molar-refractivity contribution in [3.05, 3.63) is 11.6 Å². The van der Waals surface area contributed by atoms with Crippen LogP contribution in [-0.2, 0) is 14.3 Å². The van der Waals surface area contributed by atoms with Gasteiger partial charge in [0.1, 0.15) is 6.54 Å². The highest BCUT2D eigenvalue weighted by atomic mass is 16.5. The smallest absolute Gasteiger partial charge is 0.325 e. The van der Waals surface area contributed by atoms with E-state index in [-0.39, 0.29) is 18.5 Å². The Balaban J connectivity index is 4.72. The van der Waals surface area contributed by atoms with Gasteiger partial charge in [-0.05, 0) is 27.2 Å². The zero-order chi connectivity index (χ0) is 12.7. The van der Waals surface area contributed by atoms with E-state index in [1.165, 1.54) is 12.0 Å². The largest absolute Gasteiger partial charge is 0.468 e. The molecule has 0 spiro atoms. The van der Waals surface area contributed by atoms with Crippen molar-refractivity contribution >= 4 is 11.9 Å². The Morgan fingerprint density at radius 1 is 1.38 bits per heavy atom. The Kier molecular flexibility index (Phi) is 6.46. The van der Waals surface area contributed by atoms with Crippen LogP contribution in [0.1, 0.15) is 34.1 Å². The summed E-state index contributed by atoms with van der Waals surface area (Å²) in [6.45, 7) is 7.48. The first-order valence-corrected chi connectivity index (χ1v) is 5.48. The van der Waals surface area contributed by atoms with Crippen LogP contribution < -0.4 is 0 Å². The number of allylic oxidation sites excluding steroid dienone is 1. The van der Waals surface area contributed by atoms with E-state index in [1.807, 2.05) is 26.8 Å². The summed E-state index contributed by atoms with van der Waals surface area (Å²) in [5.74, 6) is -0.506. The van der Waals surface area contributed by atoms with Crippen LogP contribution in [0.3, 0.4) is 0 Å². The predicted octanol–water partition coefficient (Wildman–Crippen LogP) is 1.75. The molecule has 0 bridgehead atoms. The lowest BCUT2D eigenvalue weighted by atomic mass is 10.2. The minimum Gasteiger partial charge on any atom is -0.468 e. The normalized spacial score (nSPS) is 11.5. The van der Waals surface area contributed by atoms with E-state index in [0.29, 0.717) is 5.57 Å². The van der Waals surface area contributed by atoms with Crippen LogP contribution in [0.5, 0.6) is 0 Å². The molecule has 92 valence electrons. The van der Waals surface area contributed by atoms with Gasteiger partial charge in [-0.1, -0.05) is 13.0 Å². The summed E-state index contributed by atoms with van der Waals surface area (Å²) in [4.78, 5) is 24.7. The third-order valence-corrected chi connectivity index (χ3v) is 2.26. The van der Waals surface area contributed by atoms with Crippen molar-refractivity contribution in [1.82, 2.24) is 4.90 Å². The molecule has 1 amide bonds. The van der Waals surface area contributed by atoms with Crippen LogP contribution in [-0.4, -0.2) is 36.5 Å². The molecule has 0 fully saturated rings. The fourth-order valence-electron chi connectivity index (χ4n) is 1.31. The maximum absolute atomic E-state index is 12.0. The number of amides is 1. The molecule has 0 aliphatic rings. The third-order valence-electron chi connectivity index (χ3n) is 2.26. The summed E-state index contributed by atoms with van der Waals surface area (Å²) >= 11 is 0. The molecule has 0 heterocycles. The summed E-state index contributed by atoms with van der Waals surface area (Å²) in [5.41, 5.74) is 0.667. The van der Waals surface area contributed by atoms with Gasteiger partial charge < -0.3 is 9.64 Å². The van der Waals surface area contributed by atoms with Gasteiger partial charge in [-0.2, -0.15) is 0 Å². The number of nitrogens with zero attached hydrogens (tertiary/aromatic N) is 1. The number of esters is 1. The van der Waals surface area contributed by atoms with Gasteiger partial charge in [0, 0.05) is 11.6 Å². The molecule has 16 heavy (non-hydrogen) atoms. The summed E-state index contributed by atoms with van der Waals surface area (Å²) in [5, 5.41) is 0. The molecule has 0 saturated heterocycles. The highest BCUT2D eigenvalue weighted by Crippen LogP contribution is 2.07. The van der Waals surface area contributed by atoms with E-state index in [2.05, 4.69) is 4.74 Å². The van der Waals surface area contributed by atoms with E-state index in [4.69, 9.17) is 0 Å². The second-order valence-corrected chi connectivity index (χ2v) is 3.90. The average Bonchev–Trinajstić information content (AvgIpc) is 2.24. The summed E-state index contributed by atoms with van der Waals surface area (Å²) in [7, 11) is 1.32. The van der Waals surface area contributed by atoms with Crippen molar-refractivity contribution in [2.24, 2.45) is 0 Å². The summed E-state index contributed by atoms with van der Waals surface area (Å²) in [6.07, 6.45) is 2.66. The first kappa shape index (κ1) is 14.7. The van der Waals surface area contributed by atoms with Gasteiger partial charge in [0.2, 0.25) is 5.91 Å². The van der Waals surface area contributed by atoms with Crippen molar-refractivity contribution in [3.63, 3.8) is 0 Å². The maximum atomic E-state index is 12.0. The number of carbonyl (C=O) groups is 2.